The van der Waals surface area contributed by atoms with Crippen LogP contribution in [-0.2, 0) is 9.59 Å². The fraction of sp³-hybridized carbons (Fsp3) is 0.308. The number of aliphatic carboxylic acids is 1. The lowest BCUT2D eigenvalue weighted by molar-refractivity contribution is -0.138. The molecule has 0 saturated carbocycles. The summed E-state index contributed by atoms with van der Waals surface area (Å²) >= 11 is 0. The van der Waals surface area contributed by atoms with Crippen molar-refractivity contribution in [3.63, 3.8) is 0 Å². The van der Waals surface area contributed by atoms with Gasteiger partial charge in [-0.3, -0.25) is 14.4 Å². The number of Topliss-reactive ketones (excluding diaryl/α,β-unsaturated/α-hetero) is 2. The number of carbonyl (C=O) groups excluding carboxylic acids is 2. The molecule has 1 N–H and O–H groups in total. The molecule has 0 aliphatic rings. The molecule has 0 radical (unpaired) electrons. The van der Waals surface area contributed by atoms with Crippen molar-refractivity contribution >= 4 is 17.5 Å². The van der Waals surface area contributed by atoms with E-state index in [2.05, 4.69) is 0 Å². The second-order valence-corrected chi connectivity index (χ2v) is 3.86. The predicted molar refractivity (Wildman–Crippen MR) is 61.8 cm³/mol. The summed E-state index contributed by atoms with van der Waals surface area (Å²) in [7, 11) is 0. The SMILES string of the molecule is O=C(O)CCC(=O)CCC(=O)c1ccc(F)cc1. The van der Waals surface area contributed by atoms with Gasteiger partial charge in [0, 0.05) is 24.8 Å². The van der Waals surface area contributed by atoms with Crippen LogP contribution in [0.4, 0.5) is 4.39 Å². The fourth-order valence-electron chi connectivity index (χ4n) is 1.40. The molecule has 18 heavy (non-hydrogen) atoms. The van der Waals surface area contributed by atoms with Gasteiger partial charge in [0.15, 0.2) is 5.78 Å². The summed E-state index contributed by atoms with van der Waals surface area (Å²) in [4.78, 5) is 33.1. The maximum absolute atomic E-state index is 12.6. The smallest absolute Gasteiger partial charge is 0.303 e. The van der Waals surface area contributed by atoms with Gasteiger partial charge in [0.1, 0.15) is 11.6 Å². The third-order valence-electron chi connectivity index (χ3n) is 2.41. The number of carbonyl (C=O) groups is 3. The van der Waals surface area contributed by atoms with Gasteiger partial charge >= 0.3 is 5.97 Å². The number of carboxylic acids is 1. The molecule has 0 unspecified atom stereocenters. The second-order valence-electron chi connectivity index (χ2n) is 3.86. The Bertz CT molecular complexity index is 451. The van der Waals surface area contributed by atoms with Crippen LogP contribution in [-0.4, -0.2) is 22.6 Å². The standard InChI is InChI=1S/C13H13FO4/c14-10-3-1-9(2-4-10)12(16)7-5-11(15)6-8-13(17)18/h1-4H,5-8H2,(H,17,18). The molecule has 4 nitrogen and oxygen atoms in total. The van der Waals surface area contributed by atoms with Crippen LogP contribution in [0.5, 0.6) is 0 Å². The van der Waals surface area contributed by atoms with E-state index >= 15 is 0 Å². The molecule has 0 aliphatic carbocycles. The first-order valence-corrected chi connectivity index (χ1v) is 5.51. The summed E-state index contributed by atoms with van der Waals surface area (Å²) in [5.41, 5.74) is 0.349. The Hall–Kier alpha value is -2.04. The van der Waals surface area contributed by atoms with Gasteiger partial charge in [-0.25, -0.2) is 4.39 Å². The Morgan fingerprint density at radius 3 is 2.06 bits per heavy atom. The van der Waals surface area contributed by atoms with Gasteiger partial charge in [-0.15, -0.1) is 0 Å². The minimum atomic E-state index is -1.03. The van der Waals surface area contributed by atoms with Crippen molar-refractivity contribution in [1.82, 2.24) is 0 Å². The zero-order valence-corrected chi connectivity index (χ0v) is 9.69. The molecule has 0 spiro atoms. The summed E-state index contributed by atoms with van der Waals surface area (Å²) in [6.07, 6.45) is -0.247. The maximum atomic E-state index is 12.6. The Balaban J connectivity index is 2.39. The molecule has 1 aromatic rings. The summed E-state index contributed by atoms with van der Waals surface area (Å²) in [5.74, 6) is -1.97. The van der Waals surface area contributed by atoms with Gasteiger partial charge in [-0.1, -0.05) is 0 Å². The molecule has 0 bridgehead atoms. The molecular formula is C13H13FO4. The fourth-order valence-corrected chi connectivity index (χ4v) is 1.40. The number of ketones is 2. The highest BCUT2D eigenvalue weighted by Crippen LogP contribution is 2.08. The Morgan fingerprint density at radius 2 is 1.50 bits per heavy atom. The van der Waals surface area contributed by atoms with E-state index in [1.165, 1.54) is 24.3 Å². The number of hydrogen-bond donors (Lipinski definition) is 1. The Labute approximate surface area is 103 Å². The van der Waals surface area contributed by atoms with Gasteiger partial charge in [0.2, 0.25) is 0 Å². The molecular weight excluding hydrogens is 239 g/mol. The van der Waals surface area contributed by atoms with E-state index in [4.69, 9.17) is 5.11 Å². The Morgan fingerprint density at radius 1 is 0.944 bits per heavy atom. The third kappa shape index (κ3) is 4.86. The largest absolute Gasteiger partial charge is 0.481 e. The number of halogens is 1. The lowest BCUT2D eigenvalue weighted by Gasteiger charge is -2.00. The van der Waals surface area contributed by atoms with E-state index in [0.717, 1.165) is 0 Å². The molecule has 0 fully saturated rings. The van der Waals surface area contributed by atoms with E-state index < -0.39 is 11.8 Å². The molecule has 96 valence electrons. The average molecular weight is 252 g/mol. The number of benzene rings is 1. The minimum absolute atomic E-state index is 0.0174. The summed E-state index contributed by atoms with van der Waals surface area (Å²) in [6.45, 7) is 0. The van der Waals surface area contributed by atoms with Crippen molar-refractivity contribution in [2.45, 2.75) is 25.7 Å². The van der Waals surface area contributed by atoms with E-state index in [9.17, 15) is 18.8 Å². The predicted octanol–water partition coefficient (Wildman–Crippen LogP) is 2.22. The van der Waals surface area contributed by atoms with Crippen LogP contribution in [0.2, 0.25) is 0 Å². The number of hydrogen-bond acceptors (Lipinski definition) is 3. The third-order valence-corrected chi connectivity index (χ3v) is 2.41. The minimum Gasteiger partial charge on any atom is -0.481 e. The monoisotopic (exact) mass is 252 g/mol. The van der Waals surface area contributed by atoms with E-state index in [0.29, 0.717) is 5.56 Å². The molecule has 0 amide bonds. The van der Waals surface area contributed by atoms with Crippen LogP contribution in [0.15, 0.2) is 24.3 Å². The van der Waals surface area contributed by atoms with Crippen LogP contribution >= 0.6 is 0 Å². The van der Waals surface area contributed by atoms with Crippen molar-refractivity contribution in [3.8, 4) is 0 Å². The van der Waals surface area contributed by atoms with Gasteiger partial charge in [-0.2, -0.15) is 0 Å². The molecule has 0 heterocycles. The van der Waals surface area contributed by atoms with Crippen LogP contribution in [0.25, 0.3) is 0 Å². The first-order chi connectivity index (χ1) is 8.49. The Kier molecular flexibility index (Phi) is 5.17. The first kappa shape index (κ1) is 14.0. The average Bonchev–Trinajstić information content (AvgIpc) is 2.34. The summed E-state index contributed by atoms with van der Waals surface area (Å²) < 4.78 is 12.6. The molecule has 0 saturated heterocycles. The van der Waals surface area contributed by atoms with Crippen molar-refractivity contribution in [2.24, 2.45) is 0 Å². The highest BCUT2D eigenvalue weighted by molar-refractivity contribution is 5.98. The highest BCUT2D eigenvalue weighted by atomic mass is 19.1. The molecule has 1 aromatic carbocycles. The summed E-state index contributed by atoms with van der Waals surface area (Å²) in [5, 5.41) is 8.39. The number of rotatable bonds is 7. The van der Waals surface area contributed by atoms with Crippen molar-refractivity contribution in [3.05, 3.63) is 35.6 Å². The van der Waals surface area contributed by atoms with Gasteiger partial charge < -0.3 is 5.11 Å². The second kappa shape index (κ2) is 6.64. The normalized spacial score (nSPS) is 10.1. The summed E-state index contributed by atoms with van der Waals surface area (Å²) in [6, 6.07) is 5.08. The highest BCUT2D eigenvalue weighted by Gasteiger charge is 2.10. The zero-order valence-electron chi connectivity index (χ0n) is 9.69. The zero-order chi connectivity index (χ0) is 13.5. The first-order valence-electron chi connectivity index (χ1n) is 5.51. The maximum Gasteiger partial charge on any atom is 0.303 e. The molecule has 0 atom stereocenters. The quantitative estimate of drug-likeness (QED) is 0.755. The van der Waals surface area contributed by atoms with E-state index in [-0.39, 0.29) is 37.2 Å². The van der Waals surface area contributed by atoms with E-state index in [1.54, 1.807) is 0 Å². The molecule has 1 rings (SSSR count). The van der Waals surface area contributed by atoms with Crippen LogP contribution < -0.4 is 0 Å². The van der Waals surface area contributed by atoms with Crippen molar-refractivity contribution < 1.29 is 23.9 Å². The van der Waals surface area contributed by atoms with Crippen molar-refractivity contribution in [2.75, 3.05) is 0 Å². The van der Waals surface area contributed by atoms with Gasteiger partial charge in [-0.05, 0) is 24.3 Å². The van der Waals surface area contributed by atoms with Gasteiger partial charge in [0.05, 0.1) is 6.42 Å². The van der Waals surface area contributed by atoms with Crippen LogP contribution in [0.3, 0.4) is 0 Å². The lowest BCUT2D eigenvalue weighted by Crippen LogP contribution is -2.07. The molecule has 5 heteroatoms. The van der Waals surface area contributed by atoms with Crippen LogP contribution in [0, 0.1) is 5.82 Å². The number of carboxylic acid groups (broad SMARTS) is 1. The topological polar surface area (TPSA) is 71.4 Å². The van der Waals surface area contributed by atoms with Crippen molar-refractivity contribution in [1.29, 1.82) is 0 Å². The van der Waals surface area contributed by atoms with Gasteiger partial charge in [0.25, 0.3) is 0 Å². The lowest BCUT2D eigenvalue weighted by atomic mass is 10.0. The van der Waals surface area contributed by atoms with Crippen LogP contribution in [0.1, 0.15) is 36.0 Å². The molecule has 0 aliphatic heterocycles. The van der Waals surface area contributed by atoms with E-state index in [1.807, 2.05) is 0 Å². The molecule has 0 aromatic heterocycles.